The molecule has 0 atom stereocenters. The summed E-state index contributed by atoms with van der Waals surface area (Å²) in [6, 6.07) is 61.1. The second kappa shape index (κ2) is 10.9. The molecule has 0 saturated heterocycles. The molecule has 3 nitrogen and oxygen atoms in total. The minimum atomic E-state index is -0.130. The summed E-state index contributed by atoms with van der Waals surface area (Å²) in [6.07, 6.45) is 0. The van der Waals surface area contributed by atoms with Crippen molar-refractivity contribution in [1.82, 2.24) is 4.57 Å². The molecule has 51 heavy (non-hydrogen) atoms. The van der Waals surface area contributed by atoms with Crippen LogP contribution in [0, 0.1) is 11.3 Å². The van der Waals surface area contributed by atoms with Crippen LogP contribution < -0.4 is 4.90 Å². The Morgan fingerprint density at radius 1 is 0.549 bits per heavy atom. The SMILES string of the molecule is CC1(C)c2ccccc2-c2ccc(N(c3ccc(C#N)cc3)c3ccc4c5c3ccc3cccc(c35)n4-c3ccc(-c4ccccc4)cc3)cc21. The Hall–Kier alpha value is -6.63. The molecular weight excluding hydrogens is 619 g/mol. The van der Waals surface area contributed by atoms with Crippen LogP contribution in [0.4, 0.5) is 17.1 Å². The summed E-state index contributed by atoms with van der Waals surface area (Å²) < 4.78 is 2.41. The van der Waals surface area contributed by atoms with Crippen molar-refractivity contribution in [1.29, 1.82) is 5.26 Å². The molecule has 1 aliphatic rings. The second-order valence-corrected chi connectivity index (χ2v) is 14.1. The van der Waals surface area contributed by atoms with Gasteiger partial charge in [0, 0.05) is 38.6 Å². The van der Waals surface area contributed by atoms with Crippen molar-refractivity contribution >= 4 is 49.6 Å². The predicted octanol–water partition coefficient (Wildman–Crippen LogP) is 12.7. The first-order valence-corrected chi connectivity index (χ1v) is 17.5. The first kappa shape index (κ1) is 29.3. The van der Waals surface area contributed by atoms with Crippen molar-refractivity contribution in [2.45, 2.75) is 19.3 Å². The number of benzene rings is 8. The lowest BCUT2D eigenvalue weighted by Crippen LogP contribution is -2.16. The summed E-state index contributed by atoms with van der Waals surface area (Å²) in [6.45, 7) is 4.66. The van der Waals surface area contributed by atoms with E-state index in [0.717, 1.165) is 22.7 Å². The fraction of sp³-hybridized carbons (Fsp3) is 0.0625. The van der Waals surface area contributed by atoms with Gasteiger partial charge in [0.25, 0.3) is 0 Å². The number of nitriles is 1. The number of rotatable bonds is 5. The largest absolute Gasteiger partial charge is 0.310 e. The zero-order valence-electron chi connectivity index (χ0n) is 28.4. The minimum Gasteiger partial charge on any atom is -0.310 e. The van der Waals surface area contributed by atoms with E-state index in [9.17, 15) is 5.26 Å². The summed E-state index contributed by atoms with van der Waals surface area (Å²) in [5.74, 6) is 0. The molecule has 0 amide bonds. The first-order chi connectivity index (χ1) is 25.0. The van der Waals surface area contributed by atoms with E-state index in [1.165, 1.54) is 66.0 Å². The van der Waals surface area contributed by atoms with Gasteiger partial charge in [-0.15, -0.1) is 0 Å². The highest BCUT2D eigenvalue weighted by molar-refractivity contribution is 6.27. The van der Waals surface area contributed by atoms with E-state index in [2.05, 4.69) is 181 Å². The Morgan fingerprint density at radius 3 is 2.06 bits per heavy atom. The van der Waals surface area contributed by atoms with Crippen LogP contribution >= 0.6 is 0 Å². The lowest BCUT2D eigenvalue weighted by molar-refractivity contribution is 0.660. The van der Waals surface area contributed by atoms with Gasteiger partial charge < -0.3 is 9.47 Å². The lowest BCUT2D eigenvalue weighted by Gasteiger charge is -2.29. The van der Waals surface area contributed by atoms with Gasteiger partial charge in [0.1, 0.15) is 0 Å². The van der Waals surface area contributed by atoms with Gasteiger partial charge in [0.2, 0.25) is 0 Å². The molecule has 240 valence electrons. The molecule has 0 unspecified atom stereocenters. The predicted molar refractivity (Wildman–Crippen MR) is 212 cm³/mol. The van der Waals surface area contributed by atoms with Crippen molar-refractivity contribution in [3.05, 3.63) is 180 Å². The summed E-state index contributed by atoms with van der Waals surface area (Å²) in [7, 11) is 0. The Bertz CT molecular complexity index is 2820. The van der Waals surface area contributed by atoms with Gasteiger partial charge >= 0.3 is 0 Å². The quantitative estimate of drug-likeness (QED) is 0.173. The maximum Gasteiger partial charge on any atom is 0.0991 e. The average molecular weight is 652 g/mol. The molecular formula is C48H33N3. The molecule has 3 heteroatoms. The fourth-order valence-electron chi connectivity index (χ4n) is 8.52. The molecule has 0 radical (unpaired) electrons. The van der Waals surface area contributed by atoms with Gasteiger partial charge in [-0.25, -0.2) is 0 Å². The fourth-order valence-corrected chi connectivity index (χ4v) is 8.52. The van der Waals surface area contributed by atoms with E-state index in [1.807, 2.05) is 12.1 Å². The monoisotopic (exact) mass is 651 g/mol. The number of fused-ring (bicyclic) bond motifs is 3. The van der Waals surface area contributed by atoms with E-state index in [4.69, 9.17) is 0 Å². The highest BCUT2D eigenvalue weighted by Gasteiger charge is 2.36. The van der Waals surface area contributed by atoms with Crippen LogP contribution in [-0.2, 0) is 5.41 Å². The maximum absolute atomic E-state index is 9.65. The van der Waals surface area contributed by atoms with Crippen LogP contribution in [-0.4, -0.2) is 4.57 Å². The van der Waals surface area contributed by atoms with Gasteiger partial charge in [-0.05, 0) is 105 Å². The topological polar surface area (TPSA) is 32.0 Å². The second-order valence-electron chi connectivity index (χ2n) is 14.1. The first-order valence-electron chi connectivity index (χ1n) is 17.5. The van der Waals surface area contributed by atoms with Crippen molar-refractivity contribution in [3.63, 3.8) is 0 Å². The van der Waals surface area contributed by atoms with Crippen LogP contribution in [0.25, 0.3) is 60.5 Å². The Morgan fingerprint density at radius 2 is 1.25 bits per heavy atom. The normalized spacial score (nSPS) is 13.0. The number of hydrogen-bond acceptors (Lipinski definition) is 2. The molecule has 0 fully saturated rings. The van der Waals surface area contributed by atoms with E-state index in [1.54, 1.807) is 0 Å². The van der Waals surface area contributed by atoms with Gasteiger partial charge in [-0.3, -0.25) is 0 Å². The Balaban J connectivity index is 1.20. The molecule has 1 aromatic heterocycles. The van der Waals surface area contributed by atoms with E-state index in [0.29, 0.717) is 5.56 Å². The van der Waals surface area contributed by atoms with Crippen LogP contribution in [0.2, 0.25) is 0 Å². The Labute approximate surface area is 297 Å². The summed E-state index contributed by atoms with van der Waals surface area (Å²) in [5, 5.41) is 14.6. The summed E-state index contributed by atoms with van der Waals surface area (Å²) in [4.78, 5) is 2.37. The maximum atomic E-state index is 9.65. The number of aromatic nitrogens is 1. The van der Waals surface area contributed by atoms with E-state index < -0.39 is 0 Å². The summed E-state index contributed by atoms with van der Waals surface area (Å²) in [5.41, 5.74) is 14.9. The Kier molecular flexibility index (Phi) is 6.28. The van der Waals surface area contributed by atoms with Crippen LogP contribution in [0.1, 0.15) is 30.5 Å². The molecule has 1 heterocycles. The molecule has 1 aliphatic carbocycles. The standard InChI is InChI=1S/C48H33N3/c1-48(2)41-13-7-6-12-38(41)39-26-24-37(29-42(39)48)50(35-20-15-31(30-49)16-21-35)43-27-28-45-47-40(43)25-19-34-11-8-14-44(46(34)47)51(45)36-22-17-33(18-23-36)32-9-4-3-5-10-32/h3-29H,1-2H3. The highest BCUT2D eigenvalue weighted by atomic mass is 15.1. The molecule has 9 aromatic rings. The van der Waals surface area contributed by atoms with Crippen molar-refractivity contribution < 1.29 is 0 Å². The zero-order chi connectivity index (χ0) is 34.3. The van der Waals surface area contributed by atoms with Crippen LogP contribution in [0.5, 0.6) is 0 Å². The average Bonchev–Trinajstić information content (AvgIpc) is 3.64. The van der Waals surface area contributed by atoms with Gasteiger partial charge in [0.05, 0.1) is 28.4 Å². The molecule has 0 N–H and O–H groups in total. The van der Waals surface area contributed by atoms with Crippen molar-refractivity contribution in [3.8, 4) is 34.0 Å². The lowest BCUT2D eigenvalue weighted by atomic mass is 9.82. The highest BCUT2D eigenvalue weighted by Crippen LogP contribution is 2.52. The molecule has 0 saturated carbocycles. The smallest absolute Gasteiger partial charge is 0.0991 e. The zero-order valence-corrected chi connectivity index (χ0v) is 28.4. The third-order valence-corrected chi connectivity index (χ3v) is 11.0. The van der Waals surface area contributed by atoms with Crippen molar-refractivity contribution in [2.24, 2.45) is 0 Å². The molecule has 0 bridgehead atoms. The molecule has 0 spiro atoms. The number of hydrogen-bond donors (Lipinski definition) is 0. The molecule has 8 aromatic carbocycles. The van der Waals surface area contributed by atoms with E-state index >= 15 is 0 Å². The van der Waals surface area contributed by atoms with Crippen molar-refractivity contribution in [2.75, 3.05) is 4.90 Å². The van der Waals surface area contributed by atoms with E-state index in [-0.39, 0.29) is 5.41 Å². The van der Waals surface area contributed by atoms with Gasteiger partial charge in [-0.1, -0.05) is 111 Å². The van der Waals surface area contributed by atoms with Gasteiger partial charge in [-0.2, -0.15) is 5.26 Å². The van der Waals surface area contributed by atoms with Crippen LogP contribution in [0.3, 0.4) is 0 Å². The molecule has 0 aliphatic heterocycles. The number of anilines is 3. The van der Waals surface area contributed by atoms with Gasteiger partial charge in [0.15, 0.2) is 0 Å². The third-order valence-electron chi connectivity index (χ3n) is 11.0. The minimum absolute atomic E-state index is 0.130. The van der Waals surface area contributed by atoms with Crippen LogP contribution in [0.15, 0.2) is 164 Å². The third kappa shape index (κ3) is 4.30. The summed E-state index contributed by atoms with van der Waals surface area (Å²) >= 11 is 0. The molecule has 10 rings (SSSR count). The number of nitrogens with zero attached hydrogens (tertiary/aromatic N) is 3.